The summed E-state index contributed by atoms with van der Waals surface area (Å²) in [4.78, 5) is 0. The van der Waals surface area contributed by atoms with Gasteiger partial charge in [-0.2, -0.15) is 51.5 Å². The molecule has 0 spiro atoms. The minimum atomic E-state index is -7.03. The Morgan fingerprint density at radius 2 is 0.955 bits per heavy atom. The number of alkyl halides is 8. The van der Waals surface area contributed by atoms with Gasteiger partial charge in [-0.15, -0.1) is 0 Å². The molecule has 0 aromatic rings. The van der Waals surface area contributed by atoms with Crippen molar-refractivity contribution in [1.29, 1.82) is 0 Å². The van der Waals surface area contributed by atoms with E-state index in [0.717, 1.165) is 0 Å². The van der Waals surface area contributed by atoms with E-state index in [2.05, 4.69) is 31.6 Å². The molecule has 0 atom stereocenters. The molecule has 0 bridgehead atoms. The van der Waals surface area contributed by atoms with Crippen molar-refractivity contribution in [2.75, 3.05) is 0 Å². The van der Waals surface area contributed by atoms with Crippen LogP contribution in [0.25, 0.3) is 0 Å². The van der Waals surface area contributed by atoms with E-state index in [0.29, 0.717) is 0 Å². The lowest BCUT2D eigenvalue weighted by Gasteiger charge is -2.39. The van der Waals surface area contributed by atoms with Crippen molar-refractivity contribution < 1.29 is 59.3 Å². The maximum atomic E-state index is 12.7. The number of halogens is 10. The molecule has 18 heteroatoms. The first kappa shape index (κ1) is 21.8. The zero-order valence-corrected chi connectivity index (χ0v) is 12.2. The van der Waals surface area contributed by atoms with Crippen molar-refractivity contribution in [3.8, 4) is 0 Å². The van der Waals surface area contributed by atoms with Crippen molar-refractivity contribution in [2.24, 2.45) is 0 Å². The van der Waals surface area contributed by atoms with Gasteiger partial charge in [-0.3, -0.25) is 0 Å². The van der Waals surface area contributed by atoms with Gasteiger partial charge in [-0.1, -0.05) is 31.0 Å². The summed E-state index contributed by atoms with van der Waals surface area (Å²) in [6.07, 6.45) is -13.4. The van der Waals surface area contributed by atoms with Gasteiger partial charge in [0.25, 0.3) is 4.33 Å². The molecule has 0 aromatic carbocycles. The van der Waals surface area contributed by atoms with Gasteiger partial charge in [-0.25, -0.2) is 0 Å². The molecule has 0 aliphatic rings. The molecule has 0 rings (SSSR count). The van der Waals surface area contributed by atoms with E-state index < -0.39 is 43.5 Å². The van der Waals surface area contributed by atoms with Crippen molar-refractivity contribution in [1.82, 2.24) is 0 Å². The fraction of sp³-hybridized carbons (Fsp3) is 1.00. The van der Waals surface area contributed by atoms with Crippen LogP contribution in [0.4, 0.5) is 34.1 Å². The Morgan fingerprint density at radius 3 is 1.09 bits per heavy atom. The largest absolute Gasteiger partial charge is 0.449 e. The van der Waals surface area contributed by atoms with Crippen molar-refractivity contribution in [2.45, 2.75) is 22.5 Å². The Hall–Kier alpha value is -0.160. The van der Waals surface area contributed by atoms with Crippen LogP contribution in [0.1, 0.15) is 0 Å². The van der Waals surface area contributed by atoms with Crippen LogP contribution in [-0.4, -0.2) is 39.3 Å². The van der Waals surface area contributed by atoms with Gasteiger partial charge in [0, 0.05) is 0 Å². The highest BCUT2D eigenvalue weighted by Crippen LogP contribution is 2.57. The van der Waals surface area contributed by atoms with E-state index >= 15 is 0 Å². The summed E-state index contributed by atoms with van der Waals surface area (Å²) < 4.78 is 139. The van der Waals surface area contributed by atoms with E-state index in [1.807, 2.05) is 0 Å². The molecule has 6 nitrogen and oxygen atoms in total. The van der Waals surface area contributed by atoms with Crippen LogP contribution in [0, 0.1) is 0 Å². The minimum Gasteiger partial charge on any atom is -0.195 e. The molecule has 0 aliphatic carbocycles. The van der Waals surface area contributed by atoms with Gasteiger partial charge in [-0.05, 0) is 0 Å². The highest BCUT2D eigenvalue weighted by molar-refractivity contribution is 7.82. The standard InChI is InChI=1S/C4Cl2F8O6S2/c5-1(6,3(7,8)9)2(4(10,11)12,19-21(13,15)16)20-22(14,17)18. The van der Waals surface area contributed by atoms with Crippen LogP contribution in [0.3, 0.4) is 0 Å². The molecule has 22 heavy (non-hydrogen) atoms. The average molecular weight is 431 g/mol. The lowest BCUT2D eigenvalue weighted by atomic mass is 10.1. The first-order valence-corrected chi connectivity index (χ1v) is 7.35. The lowest BCUT2D eigenvalue weighted by molar-refractivity contribution is -0.354. The normalized spacial score (nSPS) is 15.9. The molecule has 134 valence electrons. The SMILES string of the molecule is O=S(=O)(F)OC(OS(=O)(=O)F)(C(F)(F)F)C(Cl)(Cl)C(F)(F)F. The first-order valence-electron chi connectivity index (χ1n) is 3.98. The monoisotopic (exact) mass is 430 g/mol. The lowest BCUT2D eigenvalue weighted by Crippen LogP contribution is -2.67. The molecule has 0 aromatic heterocycles. The summed E-state index contributed by atoms with van der Waals surface area (Å²) in [7, 11) is -14.1. The van der Waals surface area contributed by atoms with E-state index in [1.165, 1.54) is 0 Å². The summed E-state index contributed by atoms with van der Waals surface area (Å²) in [6, 6.07) is 0. The minimum absolute atomic E-state index is 2.31. The molecule has 0 amide bonds. The zero-order valence-electron chi connectivity index (χ0n) is 9.05. The first-order chi connectivity index (χ1) is 9.16. The molecule has 0 radical (unpaired) electrons. The van der Waals surface area contributed by atoms with Gasteiger partial charge in [0.15, 0.2) is 0 Å². The van der Waals surface area contributed by atoms with Crippen LogP contribution in [0.2, 0.25) is 0 Å². The van der Waals surface area contributed by atoms with E-state index in [9.17, 15) is 50.9 Å². The number of hydrogen-bond donors (Lipinski definition) is 0. The summed E-state index contributed by atoms with van der Waals surface area (Å²) in [5.74, 6) is -6.23. The second-order valence-corrected chi connectivity index (χ2v) is 6.37. The van der Waals surface area contributed by atoms with Gasteiger partial charge in [0.1, 0.15) is 0 Å². The summed E-state index contributed by atoms with van der Waals surface area (Å²) in [5.41, 5.74) is 0. The van der Waals surface area contributed by atoms with Crippen molar-refractivity contribution in [3.05, 3.63) is 0 Å². The Morgan fingerprint density at radius 1 is 0.682 bits per heavy atom. The summed E-state index contributed by atoms with van der Waals surface area (Å²) >= 11 is 8.48. The fourth-order valence-electron chi connectivity index (χ4n) is 0.858. The van der Waals surface area contributed by atoms with Crippen LogP contribution >= 0.6 is 23.2 Å². The third-order valence-electron chi connectivity index (χ3n) is 1.58. The molecular formula is C4Cl2F8O6S2. The molecule has 0 saturated heterocycles. The molecule has 0 unspecified atom stereocenters. The highest BCUT2D eigenvalue weighted by atomic mass is 35.5. The molecule has 0 saturated carbocycles. The average Bonchev–Trinajstić information content (AvgIpc) is 2.07. The molecule has 0 aliphatic heterocycles. The van der Waals surface area contributed by atoms with E-state index in [-0.39, 0.29) is 0 Å². The maximum absolute atomic E-state index is 12.7. The van der Waals surface area contributed by atoms with E-state index in [4.69, 9.17) is 0 Å². The Labute approximate surface area is 126 Å². The predicted molar refractivity (Wildman–Crippen MR) is 51.5 cm³/mol. The van der Waals surface area contributed by atoms with Crippen LogP contribution in [0.15, 0.2) is 0 Å². The Balaban J connectivity index is 6.73. The smallest absolute Gasteiger partial charge is 0.195 e. The third-order valence-corrected chi connectivity index (χ3v) is 3.37. The van der Waals surface area contributed by atoms with Gasteiger partial charge in [0.05, 0.1) is 0 Å². The summed E-state index contributed by atoms with van der Waals surface area (Å²) in [6.45, 7) is 0. The van der Waals surface area contributed by atoms with Gasteiger partial charge >= 0.3 is 39.1 Å². The number of rotatable bonds is 5. The third kappa shape index (κ3) is 4.67. The fourth-order valence-corrected chi connectivity index (χ4v) is 2.52. The van der Waals surface area contributed by atoms with Crippen molar-refractivity contribution >= 4 is 44.2 Å². The second kappa shape index (κ2) is 5.73. The Kier molecular flexibility index (Phi) is 5.69. The van der Waals surface area contributed by atoms with Crippen LogP contribution < -0.4 is 0 Å². The predicted octanol–water partition coefficient (Wildman–Crippen LogP) is 2.44. The molecule has 0 fully saturated rings. The van der Waals surface area contributed by atoms with Gasteiger partial charge in [0.2, 0.25) is 0 Å². The topological polar surface area (TPSA) is 86.7 Å². The van der Waals surface area contributed by atoms with Crippen LogP contribution in [-0.2, 0) is 29.4 Å². The zero-order chi connectivity index (χ0) is 18.4. The highest BCUT2D eigenvalue weighted by Gasteiger charge is 2.82. The maximum Gasteiger partial charge on any atom is 0.449 e. The molecular weight excluding hydrogens is 431 g/mol. The van der Waals surface area contributed by atoms with Gasteiger partial charge < -0.3 is 0 Å². The molecule has 0 heterocycles. The van der Waals surface area contributed by atoms with E-state index in [1.54, 1.807) is 0 Å². The van der Waals surface area contributed by atoms with Crippen LogP contribution in [0.5, 0.6) is 0 Å². The second-order valence-electron chi connectivity index (χ2n) is 3.14. The molecule has 0 N–H and O–H groups in total. The Bertz CT molecular complexity index is 586. The number of hydrogen-bond acceptors (Lipinski definition) is 6. The van der Waals surface area contributed by atoms with Crippen molar-refractivity contribution in [3.63, 3.8) is 0 Å². The summed E-state index contributed by atoms with van der Waals surface area (Å²) in [5, 5.41) is 0. The quantitative estimate of drug-likeness (QED) is 0.288.